The summed E-state index contributed by atoms with van der Waals surface area (Å²) in [5, 5.41) is 12.5. The van der Waals surface area contributed by atoms with E-state index in [0.29, 0.717) is 0 Å². The summed E-state index contributed by atoms with van der Waals surface area (Å²) in [4.78, 5) is 0. The number of nitrogens with one attached hydrogen (secondary N) is 1. The summed E-state index contributed by atoms with van der Waals surface area (Å²) in [5.74, 6) is 1.66. The molecule has 1 atom stereocenters. The Balaban J connectivity index is 2.32. The second-order valence-electron chi connectivity index (χ2n) is 4.00. The van der Waals surface area contributed by atoms with Gasteiger partial charge in [0, 0.05) is 12.5 Å². The van der Waals surface area contributed by atoms with Gasteiger partial charge in [0.25, 0.3) is 0 Å². The normalized spacial score (nSPS) is 15.2. The molecule has 4 nitrogen and oxygen atoms in total. The van der Waals surface area contributed by atoms with Crippen LogP contribution in [0.15, 0.2) is 12.1 Å². The number of benzene rings is 1. The fraction of sp³-hybridized carbons (Fsp3) is 0.500. The maximum absolute atomic E-state index is 9.37. The van der Waals surface area contributed by atoms with Gasteiger partial charge in [-0.05, 0) is 37.2 Å². The van der Waals surface area contributed by atoms with Gasteiger partial charge in [-0.2, -0.15) is 0 Å². The molecule has 0 fully saturated rings. The van der Waals surface area contributed by atoms with Crippen molar-refractivity contribution >= 4 is 0 Å². The minimum atomic E-state index is 0.0968. The minimum absolute atomic E-state index is 0.0968. The number of aliphatic hydroxyl groups is 1. The van der Waals surface area contributed by atoms with Crippen LogP contribution in [-0.4, -0.2) is 32.1 Å². The largest absolute Gasteiger partial charge is 0.454 e. The van der Waals surface area contributed by atoms with Crippen molar-refractivity contribution in [3.8, 4) is 11.5 Å². The van der Waals surface area contributed by atoms with E-state index < -0.39 is 0 Å². The lowest BCUT2D eigenvalue weighted by Gasteiger charge is -2.17. The van der Waals surface area contributed by atoms with Crippen molar-refractivity contribution in [2.24, 2.45) is 0 Å². The first-order valence-electron chi connectivity index (χ1n) is 5.42. The highest BCUT2D eigenvalue weighted by Crippen LogP contribution is 2.36. The quantitative estimate of drug-likeness (QED) is 0.800. The van der Waals surface area contributed by atoms with Gasteiger partial charge in [-0.15, -0.1) is 0 Å². The minimum Gasteiger partial charge on any atom is -0.454 e. The summed E-state index contributed by atoms with van der Waals surface area (Å²) < 4.78 is 10.6. The molecule has 0 spiro atoms. The molecule has 0 saturated carbocycles. The smallest absolute Gasteiger partial charge is 0.231 e. The number of ether oxygens (including phenoxy) is 2. The molecule has 0 saturated heterocycles. The van der Waals surface area contributed by atoms with Gasteiger partial charge in [0.15, 0.2) is 11.5 Å². The van der Waals surface area contributed by atoms with E-state index in [-0.39, 0.29) is 19.3 Å². The van der Waals surface area contributed by atoms with E-state index in [4.69, 9.17) is 9.47 Å². The Kier molecular flexibility index (Phi) is 3.31. The van der Waals surface area contributed by atoms with Crippen molar-refractivity contribution in [2.45, 2.75) is 12.8 Å². The molecule has 1 unspecified atom stereocenters. The lowest BCUT2D eigenvalue weighted by atomic mass is 9.95. The second-order valence-corrected chi connectivity index (χ2v) is 4.00. The zero-order chi connectivity index (χ0) is 11.5. The first-order valence-corrected chi connectivity index (χ1v) is 5.42. The number of likely N-dealkylation sites (N-methyl/N-ethyl adjacent to an activating group) is 1. The Labute approximate surface area is 95.2 Å². The van der Waals surface area contributed by atoms with Gasteiger partial charge < -0.3 is 19.9 Å². The molecule has 4 heteroatoms. The first kappa shape index (κ1) is 11.2. The van der Waals surface area contributed by atoms with E-state index in [9.17, 15) is 5.11 Å². The van der Waals surface area contributed by atoms with Gasteiger partial charge >= 0.3 is 0 Å². The van der Waals surface area contributed by atoms with Crippen LogP contribution in [0.3, 0.4) is 0 Å². The van der Waals surface area contributed by atoms with Crippen molar-refractivity contribution in [3.63, 3.8) is 0 Å². The Bertz CT molecular complexity index is 379. The summed E-state index contributed by atoms with van der Waals surface area (Å²) >= 11 is 0. The summed E-state index contributed by atoms with van der Waals surface area (Å²) in [6.07, 6.45) is 0. The molecule has 1 aromatic carbocycles. The average molecular weight is 223 g/mol. The standard InChI is InChI=1S/C12H17NO3/c1-8-3-11-12(16-7-15-11)4-10(8)9(6-14)5-13-2/h3-4,9,13-14H,5-7H2,1-2H3. The number of aliphatic hydroxyl groups excluding tert-OH is 1. The molecular weight excluding hydrogens is 206 g/mol. The van der Waals surface area contributed by atoms with E-state index in [2.05, 4.69) is 5.32 Å². The molecule has 0 radical (unpaired) electrons. The highest BCUT2D eigenvalue weighted by molar-refractivity contribution is 5.49. The summed E-state index contributed by atoms with van der Waals surface area (Å²) in [6.45, 7) is 3.18. The van der Waals surface area contributed by atoms with Crippen LogP contribution in [0.2, 0.25) is 0 Å². The highest BCUT2D eigenvalue weighted by Gasteiger charge is 2.19. The molecule has 0 amide bonds. The van der Waals surface area contributed by atoms with Crippen LogP contribution >= 0.6 is 0 Å². The lowest BCUT2D eigenvalue weighted by molar-refractivity contribution is 0.174. The Morgan fingerprint density at radius 1 is 1.38 bits per heavy atom. The molecule has 2 N–H and O–H groups in total. The molecule has 0 bridgehead atoms. The van der Waals surface area contributed by atoms with Crippen LogP contribution in [0.1, 0.15) is 17.0 Å². The third-order valence-electron chi connectivity index (χ3n) is 2.87. The Morgan fingerprint density at radius 2 is 2.06 bits per heavy atom. The van der Waals surface area contributed by atoms with Crippen LogP contribution in [0.4, 0.5) is 0 Å². The molecule has 16 heavy (non-hydrogen) atoms. The SMILES string of the molecule is CNCC(CO)c1cc2c(cc1C)OCO2. The van der Waals surface area contributed by atoms with Crippen molar-refractivity contribution in [1.29, 1.82) is 0 Å². The number of fused-ring (bicyclic) bond motifs is 1. The molecule has 2 rings (SSSR count). The fourth-order valence-corrected chi connectivity index (χ4v) is 2.02. The van der Waals surface area contributed by atoms with Crippen LogP contribution in [0.5, 0.6) is 11.5 Å². The van der Waals surface area contributed by atoms with Gasteiger partial charge in [-0.25, -0.2) is 0 Å². The Morgan fingerprint density at radius 3 is 2.69 bits per heavy atom. The summed E-state index contributed by atoms with van der Waals surface area (Å²) in [7, 11) is 1.88. The van der Waals surface area contributed by atoms with E-state index in [1.165, 1.54) is 0 Å². The molecule has 88 valence electrons. The molecule has 1 aliphatic rings. The first-order chi connectivity index (χ1) is 7.76. The van der Waals surface area contributed by atoms with Gasteiger partial charge in [-0.3, -0.25) is 0 Å². The molecule has 1 heterocycles. The molecule has 1 aromatic rings. The van der Waals surface area contributed by atoms with Crippen LogP contribution in [-0.2, 0) is 0 Å². The van der Waals surface area contributed by atoms with E-state index >= 15 is 0 Å². The van der Waals surface area contributed by atoms with Crippen molar-refractivity contribution < 1.29 is 14.6 Å². The molecule has 0 aromatic heterocycles. The predicted octanol–water partition coefficient (Wildman–Crippen LogP) is 1.02. The van der Waals surface area contributed by atoms with Gasteiger partial charge in [0.2, 0.25) is 6.79 Å². The summed E-state index contributed by atoms with van der Waals surface area (Å²) in [6, 6.07) is 3.94. The maximum atomic E-state index is 9.37. The molecule has 1 aliphatic heterocycles. The molecule has 0 aliphatic carbocycles. The van der Waals surface area contributed by atoms with E-state index in [0.717, 1.165) is 29.2 Å². The van der Waals surface area contributed by atoms with Gasteiger partial charge in [0.05, 0.1) is 6.61 Å². The van der Waals surface area contributed by atoms with Crippen molar-refractivity contribution in [1.82, 2.24) is 5.32 Å². The van der Waals surface area contributed by atoms with Crippen LogP contribution in [0, 0.1) is 6.92 Å². The van der Waals surface area contributed by atoms with E-state index in [1.54, 1.807) is 0 Å². The van der Waals surface area contributed by atoms with Crippen molar-refractivity contribution in [3.05, 3.63) is 23.3 Å². The monoisotopic (exact) mass is 223 g/mol. The Hall–Kier alpha value is -1.26. The van der Waals surface area contributed by atoms with Gasteiger partial charge in [0.1, 0.15) is 0 Å². The zero-order valence-electron chi connectivity index (χ0n) is 9.62. The fourth-order valence-electron chi connectivity index (χ4n) is 2.02. The summed E-state index contributed by atoms with van der Waals surface area (Å²) in [5.41, 5.74) is 2.24. The third-order valence-corrected chi connectivity index (χ3v) is 2.87. The zero-order valence-corrected chi connectivity index (χ0v) is 9.62. The number of hydrogen-bond donors (Lipinski definition) is 2. The average Bonchev–Trinajstić information content (AvgIpc) is 2.72. The number of rotatable bonds is 4. The predicted molar refractivity (Wildman–Crippen MR) is 61.1 cm³/mol. The van der Waals surface area contributed by atoms with Gasteiger partial charge in [-0.1, -0.05) is 0 Å². The topological polar surface area (TPSA) is 50.7 Å². The maximum Gasteiger partial charge on any atom is 0.231 e. The molecular formula is C12H17NO3. The van der Waals surface area contributed by atoms with Crippen LogP contribution in [0.25, 0.3) is 0 Å². The van der Waals surface area contributed by atoms with Crippen LogP contribution < -0.4 is 14.8 Å². The van der Waals surface area contributed by atoms with Crippen molar-refractivity contribution in [2.75, 3.05) is 27.0 Å². The number of aryl methyl sites for hydroxylation is 1. The highest BCUT2D eigenvalue weighted by atomic mass is 16.7. The third kappa shape index (κ3) is 1.99. The number of hydrogen-bond acceptors (Lipinski definition) is 4. The lowest BCUT2D eigenvalue weighted by Crippen LogP contribution is -2.20. The van der Waals surface area contributed by atoms with E-state index in [1.807, 2.05) is 26.1 Å². The second kappa shape index (κ2) is 4.72.